The van der Waals surface area contributed by atoms with Crippen molar-refractivity contribution in [2.24, 2.45) is 7.05 Å². The molecule has 1 aliphatic carbocycles. The molecule has 2 aromatic rings. The molecule has 3 heterocycles. The van der Waals surface area contributed by atoms with Crippen LogP contribution in [0, 0.1) is 0 Å². The first-order chi connectivity index (χ1) is 12.7. The van der Waals surface area contributed by atoms with Gasteiger partial charge in [0.05, 0.1) is 5.69 Å². The largest absolute Gasteiger partial charge is 0.317 e. The summed E-state index contributed by atoms with van der Waals surface area (Å²) in [5.41, 5.74) is 0.477. The highest BCUT2D eigenvalue weighted by molar-refractivity contribution is 5.96. The summed E-state index contributed by atoms with van der Waals surface area (Å²) < 4.78 is 3.63. The zero-order valence-corrected chi connectivity index (χ0v) is 15.4. The summed E-state index contributed by atoms with van der Waals surface area (Å²) in [5, 5.41) is 15.5. The Kier molecular flexibility index (Phi) is 4.80. The number of carbonyl (C=O) groups excluding carboxylic acids is 1. The van der Waals surface area contributed by atoms with Gasteiger partial charge in [-0.2, -0.15) is 10.2 Å². The van der Waals surface area contributed by atoms with E-state index in [1.165, 1.54) is 32.1 Å². The van der Waals surface area contributed by atoms with Crippen LogP contribution in [0.15, 0.2) is 24.5 Å². The zero-order chi connectivity index (χ0) is 18.0. The molecule has 0 unspecified atom stereocenters. The predicted octanol–water partition coefficient (Wildman–Crippen LogP) is 2.38. The minimum atomic E-state index is -0.635. The van der Waals surface area contributed by atoms with Gasteiger partial charge in [-0.1, -0.05) is 19.3 Å². The van der Waals surface area contributed by atoms with Crippen molar-refractivity contribution in [1.29, 1.82) is 0 Å². The quantitative estimate of drug-likeness (QED) is 0.882. The summed E-state index contributed by atoms with van der Waals surface area (Å²) in [6, 6.07) is 3.94. The number of nitrogens with zero attached hydrogens (tertiary/aromatic N) is 4. The van der Waals surface area contributed by atoms with Crippen molar-refractivity contribution in [3.05, 3.63) is 30.2 Å². The molecule has 7 nitrogen and oxygen atoms in total. The fourth-order valence-electron chi connectivity index (χ4n) is 4.36. The molecule has 0 spiro atoms. The lowest BCUT2D eigenvalue weighted by Crippen LogP contribution is -2.52. The molecule has 2 N–H and O–H groups in total. The molecular formula is C19H28N6O. The lowest BCUT2D eigenvalue weighted by Gasteiger charge is -2.36. The van der Waals surface area contributed by atoms with Crippen molar-refractivity contribution >= 4 is 11.7 Å². The Labute approximate surface area is 154 Å². The second kappa shape index (κ2) is 7.23. The summed E-state index contributed by atoms with van der Waals surface area (Å²) >= 11 is 0. The van der Waals surface area contributed by atoms with Crippen molar-refractivity contribution in [2.75, 3.05) is 18.4 Å². The first-order valence-corrected chi connectivity index (χ1v) is 9.75. The van der Waals surface area contributed by atoms with Crippen LogP contribution in [0.25, 0.3) is 0 Å². The number of aryl methyl sites for hydroxylation is 1. The van der Waals surface area contributed by atoms with E-state index in [1.54, 1.807) is 10.9 Å². The Hall–Kier alpha value is -2.15. The molecule has 2 fully saturated rings. The molecule has 4 rings (SSSR count). The summed E-state index contributed by atoms with van der Waals surface area (Å²) in [7, 11) is 1.91. The minimum Gasteiger partial charge on any atom is -0.317 e. The van der Waals surface area contributed by atoms with Gasteiger partial charge in [0, 0.05) is 31.4 Å². The Bertz CT molecular complexity index is 738. The molecule has 1 saturated carbocycles. The fourth-order valence-corrected chi connectivity index (χ4v) is 4.36. The van der Waals surface area contributed by atoms with E-state index in [1.807, 2.05) is 24.0 Å². The number of piperidine rings is 1. The second-order valence-electron chi connectivity index (χ2n) is 7.60. The lowest BCUT2D eigenvalue weighted by molar-refractivity contribution is -0.126. The Morgan fingerprint density at radius 1 is 1.27 bits per heavy atom. The minimum absolute atomic E-state index is 0.000828. The molecule has 26 heavy (non-hydrogen) atoms. The normalized spacial score (nSPS) is 20.8. The smallest absolute Gasteiger partial charge is 0.253 e. The third-order valence-corrected chi connectivity index (χ3v) is 5.96. The number of hydrogen-bond acceptors (Lipinski definition) is 4. The monoisotopic (exact) mass is 356 g/mol. The maximum atomic E-state index is 13.3. The lowest BCUT2D eigenvalue weighted by atomic mass is 9.87. The van der Waals surface area contributed by atoms with Crippen LogP contribution in [-0.2, 0) is 17.4 Å². The molecule has 2 aromatic heterocycles. The average molecular weight is 356 g/mol. The van der Waals surface area contributed by atoms with Crippen molar-refractivity contribution < 1.29 is 4.79 Å². The summed E-state index contributed by atoms with van der Waals surface area (Å²) in [4.78, 5) is 13.3. The summed E-state index contributed by atoms with van der Waals surface area (Å²) in [6.45, 7) is 1.62. The van der Waals surface area contributed by atoms with Gasteiger partial charge in [-0.25, -0.2) is 0 Å². The Balaban J connectivity index is 1.56. The number of anilines is 1. The second-order valence-corrected chi connectivity index (χ2v) is 7.60. The van der Waals surface area contributed by atoms with E-state index < -0.39 is 5.54 Å². The highest BCUT2D eigenvalue weighted by atomic mass is 16.2. The maximum absolute atomic E-state index is 13.3. The number of amides is 1. The van der Waals surface area contributed by atoms with E-state index in [-0.39, 0.29) is 5.91 Å². The molecule has 2 aliphatic rings. The standard InChI is InChI=1S/C19H28N6O/c1-24-17(14-16(23-24)15-6-3-2-4-7-15)22-18(26)19(8-11-20-12-9-19)25-13-5-10-21-25/h5,10,13-15,20H,2-4,6-9,11-12H2,1H3,(H,22,26). The number of aromatic nitrogens is 4. The van der Waals surface area contributed by atoms with Gasteiger partial charge in [-0.05, 0) is 44.8 Å². The van der Waals surface area contributed by atoms with Crippen LogP contribution in [0.1, 0.15) is 56.6 Å². The average Bonchev–Trinajstić information content (AvgIpc) is 3.34. The van der Waals surface area contributed by atoms with Gasteiger partial charge < -0.3 is 10.6 Å². The molecule has 0 aromatic carbocycles. The van der Waals surface area contributed by atoms with Gasteiger partial charge in [-0.15, -0.1) is 0 Å². The molecule has 0 radical (unpaired) electrons. The van der Waals surface area contributed by atoms with Gasteiger partial charge in [0.1, 0.15) is 11.4 Å². The highest BCUT2D eigenvalue weighted by Gasteiger charge is 2.42. The fraction of sp³-hybridized carbons (Fsp3) is 0.632. The number of rotatable bonds is 4. The predicted molar refractivity (Wildman–Crippen MR) is 100.0 cm³/mol. The van der Waals surface area contributed by atoms with Crippen LogP contribution in [0.5, 0.6) is 0 Å². The van der Waals surface area contributed by atoms with Gasteiger partial charge in [0.2, 0.25) is 0 Å². The van der Waals surface area contributed by atoms with Crippen LogP contribution in [-0.4, -0.2) is 38.6 Å². The first kappa shape index (κ1) is 17.3. The SMILES string of the molecule is Cn1nc(C2CCCCC2)cc1NC(=O)C1(n2cccn2)CCNCC1. The van der Waals surface area contributed by atoms with Crippen LogP contribution < -0.4 is 10.6 Å². The van der Waals surface area contributed by atoms with E-state index in [4.69, 9.17) is 0 Å². The van der Waals surface area contributed by atoms with Gasteiger partial charge in [-0.3, -0.25) is 14.2 Å². The topological polar surface area (TPSA) is 76.8 Å². The molecule has 7 heteroatoms. The van der Waals surface area contributed by atoms with E-state index in [2.05, 4.69) is 26.9 Å². The summed E-state index contributed by atoms with van der Waals surface area (Å²) in [6.07, 6.45) is 11.4. The van der Waals surface area contributed by atoms with E-state index in [0.717, 1.165) is 37.4 Å². The molecule has 1 aliphatic heterocycles. The van der Waals surface area contributed by atoms with Crippen molar-refractivity contribution in [1.82, 2.24) is 24.9 Å². The van der Waals surface area contributed by atoms with E-state index in [0.29, 0.717) is 5.92 Å². The van der Waals surface area contributed by atoms with Crippen LogP contribution in [0.3, 0.4) is 0 Å². The Morgan fingerprint density at radius 2 is 2.04 bits per heavy atom. The third kappa shape index (κ3) is 3.16. The van der Waals surface area contributed by atoms with Gasteiger partial charge in [0.15, 0.2) is 0 Å². The maximum Gasteiger partial charge on any atom is 0.253 e. The van der Waals surface area contributed by atoms with Gasteiger partial charge >= 0.3 is 0 Å². The molecule has 0 bridgehead atoms. The molecule has 0 atom stereocenters. The van der Waals surface area contributed by atoms with Crippen LogP contribution in [0.4, 0.5) is 5.82 Å². The number of hydrogen-bond donors (Lipinski definition) is 2. The molecule has 140 valence electrons. The van der Waals surface area contributed by atoms with Crippen LogP contribution >= 0.6 is 0 Å². The number of nitrogens with one attached hydrogen (secondary N) is 2. The molecule has 1 amide bonds. The van der Waals surface area contributed by atoms with Crippen molar-refractivity contribution in [2.45, 2.75) is 56.4 Å². The zero-order valence-electron chi connectivity index (χ0n) is 15.4. The molecular weight excluding hydrogens is 328 g/mol. The van der Waals surface area contributed by atoms with Gasteiger partial charge in [0.25, 0.3) is 5.91 Å². The van der Waals surface area contributed by atoms with Crippen molar-refractivity contribution in [3.63, 3.8) is 0 Å². The molecule has 1 saturated heterocycles. The highest BCUT2D eigenvalue weighted by Crippen LogP contribution is 2.33. The number of carbonyl (C=O) groups is 1. The van der Waals surface area contributed by atoms with Crippen molar-refractivity contribution in [3.8, 4) is 0 Å². The first-order valence-electron chi connectivity index (χ1n) is 9.75. The third-order valence-electron chi connectivity index (χ3n) is 5.96. The van der Waals surface area contributed by atoms with E-state index >= 15 is 0 Å². The Morgan fingerprint density at radius 3 is 2.73 bits per heavy atom. The van der Waals surface area contributed by atoms with E-state index in [9.17, 15) is 4.79 Å². The van der Waals surface area contributed by atoms with Crippen LogP contribution in [0.2, 0.25) is 0 Å². The summed E-state index contributed by atoms with van der Waals surface area (Å²) in [5.74, 6) is 1.31.